The van der Waals surface area contributed by atoms with Crippen LogP contribution in [0.1, 0.15) is 67.2 Å². The molecule has 144 valence electrons. The van der Waals surface area contributed by atoms with Crippen molar-refractivity contribution in [1.29, 1.82) is 0 Å². The van der Waals surface area contributed by atoms with E-state index in [4.69, 9.17) is 9.47 Å². The maximum atomic E-state index is 11.3. The molecule has 0 bridgehead atoms. The molecular formula is C18H35BrO4S. The van der Waals surface area contributed by atoms with Gasteiger partial charge in [0, 0.05) is 5.33 Å². The standard InChI is InChI=1S/C9H17BrO2.C9H18O2S/c1-4-12-8(11)9(2,3)6-5-7-10;1-4-11-8(10)9(2,3)6-5-7-12/h4-7H2,1-3H3;12H,4-7H2,1-3H3. The van der Waals surface area contributed by atoms with Crippen LogP contribution in [-0.2, 0) is 19.1 Å². The van der Waals surface area contributed by atoms with E-state index in [1.165, 1.54) is 0 Å². The van der Waals surface area contributed by atoms with Crippen LogP contribution in [0.2, 0.25) is 0 Å². The normalized spacial score (nSPS) is 11.3. The van der Waals surface area contributed by atoms with Gasteiger partial charge in [0.25, 0.3) is 0 Å². The van der Waals surface area contributed by atoms with Gasteiger partial charge in [0.05, 0.1) is 24.0 Å². The third kappa shape index (κ3) is 12.2. The number of carbonyl (C=O) groups excluding carboxylic acids is 2. The second-order valence-corrected chi connectivity index (χ2v) is 8.07. The number of halogens is 1. The highest BCUT2D eigenvalue weighted by molar-refractivity contribution is 9.09. The molecule has 6 heteroatoms. The van der Waals surface area contributed by atoms with Gasteiger partial charge in [0.15, 0.2) is 0 Å². The number of hydrogen-bond acceptors (Lipinski definition) is 5. The van der Waals surface area contributed by atoms with Gasteiger partial charge in [-0.25, -0.2) is 0 Å². The van der Waals surface area contributed by atoms with E-state index >= 15 is 0 Å². The second kappa shape index (κ2) is 14.0. The van der Waals surface area contributed by atoms with E-state index in [9.17, 15) is 9.59 Å². The van der Waals surface area contributed by atoms with Crippen LogP contribution < -0.4 is 0 Å². The summed E-state index contributed by atoms with van der Waals surface area (Å²) in [6.07, 6.45) is 3.67. The molecule has 0 amide bonds. The van der Waals surface area contributed by atoms with Gasteiger partial charge in [0.1, 0.15) is 0 Å². The molecule has 0 saturated carbocycles. The van der Waals surface area contributed by atoms with Gasteiger partial charge in [-0.05, 0) is 73.0 Å². The Bertz CT molecular complexity index is 323. The minimum Gasteiger partial charge on any atom is -0.466 e. The predicted octanol–water partition coefficient (Wildman–Crippen LogP) is 5.04. The molecule has 0 aromatic rings. The first-order chi connectivity index (χ1) is 11.1. The molecule has 24 heavy (non-hydrogen) atoms. The molecule has 0 aliphatic heterocycles. The topological polar surface area (TPSA) is 52.6 Å². The van der Waals surface area contributed by atoms with Crippen LogP contribution in [0.15, 0.2) is 0 Å². The first-order valence-electron chi connectivity index (χ1n) is 8.60. The third-order valence-electron chi connectivity index (χ3n) is 3.55. The number of thiol groups is 1. The average molecular weight is 427 g/mol. The maximum Gasteiger partial charge on any atom is 0.311 e. The highest BCUT2D eigenvalue weighted by atomic mass is 79.9. The van der Waals surface area contributed by atoms with Gasteiger partial charge in [-0.1, -0.05) is 15.9 Å². The Balaban J connectivity index is 0. The van der Waals surface area contributed by atoms with Gasteiger partial charge in [-0.3, -0.25) is 9.59 Å². The minimum atomic E-state index is -0.348. The predicted molar refractivity (Wildman–Crippen MR) is 107 cm³/mol. The molecule has 0 aromatic carbocycles. The van der Waals surface area contributed by atoms with E-state index in [2.05, 4.69) is 28.6 Å². The number of carbonyl (C=O) groups is 2. The molecule has 0 rings (SSSR count). The zero-order valence-electron chi connectivity index (χ0n) is 16.1. The van der Waals surface area contributed by atoms with Gasteiger partial charge in [0.2, 0.25) is 0 Å². The summed E-state index contributed by atoms with van der Waals surface area (Å²) in [7, 11) is 0. The molecule has 4 nitrogen and oxygen atoms in total. The number of esters is 2. The summed E-state index contributed by atoms with van der Waals surface area (Å²) in [4.78, 5) is 22.7. The Hall–Kier alpha value is -0.230. The maximum absolute atomic E-state index is 11.3. The molecule has 0 aliphatic carbocycles. The van der Waals surface area contributed by atoms with Gasteiger partial charge in [-0.15, -0.1) is 0 Å². The zero-order chi connectivity index (χ0) is 19.2. The Labute approximate surface area is 162 Å². The Morgan fingerprint density at radius 1 is 0.875 bits per heavy atom. The molecule has 0 saturated heterocycles. The lowest BCUT2D eigenvalue weighted by Gasteiger charge is -2.21. The first-order valence-corrected chi connectivity index (χ1v) is 10.4. The lowest BCUT2D eigenvalue weighted by Crippen LogP contribution is -2.26. The quantitative estimate of drug-likeness (QED) is 0.302. The van der Waals surface area contributed by atoms with Crippen molar-refractivity contribution in [2.75, 3.05) is 24.3 Å². The molecule has 0 N–H and O–H groups in total. The van der Waals surface area contributed by atoms with Crippen molar-refractivity contribution in [2.24, 2.45) is 10.8 Å². The van der Waals surface area contributed by atoms with E-state index in [0.717, 1.165) is 36.8 Å². The lowest BCUT2D eigenvalue weighted by molar-refractivity contribution is -0.154. The summed E-state index contributed by atoms with van der Waals surface area (Å²) in [5, 5.41) is 0.940. The average Bonchev–Trinajstić information content (AvgIpc) is 2.52. The van der Waals surface area contributed by atoms with Gasteiger partial charge in [-0.2, -0.15) is 12.6 Å². The number of alkyl halides is 1. The zero-order valence-corrected chi connectivity index (χ0v) is 18.6. The van der Waals surface area contributed by atoms with E-state index in [0.29, 0.717) is 13.2 Å². The van der Waals surface area contributed by atoms with Crippen molar-refractivity contribution < 1.29 is 19.1 Å². The summed E-state index contributed by atoms with van der Waals surface area (Å²) in [6, 6.07) is 0. The molecular weight excluding hydrogens is 392 g/mol. The van der Waals surface area contributed by atoms with Crippen molar-refractivity contribution in [3.8, 4) is 0 Å². The van der Waals surface area contributed by atoms with Crippen LogP contribution in [0.5, 0.6) is 0 Å². The first kappa shape index (κ1) is 26.0. The largest absolute Gasteiger partial charge is 0.466 e. The van der Waals surface area contributed by atoms with Crippen molar-refractivity contribution in [2.45, 2.75) is 67.2 Å². The van der Waals surface area contributed by atoms with Crippen LogP contribution >= 0.6 is 28.6 Å². The number of rotatable bonds is 10. The monoisotopic (exact) mass is 426 g/mol. The number of hydrogen-bond donors (Lipinski definition) is 1. The summed E-state index contributed by atoms with van der Waals surface area (Å²) in [5.41, 5.74) is -0.678. The smallest absolute Gasteiger partial charge is 0.311 e. The Morgan fingerprint density at radius 3 is 1.54 bits per heavy atom. The van der Waals surface area contributed by atoms with E-state index in [-0.39, 0.29) is 22.8 Å². The second-order valence-electron chi connectivity index (χ2n) is 6.83. The Kier molecular flexibility index (Phi) is 15.2. The molecule has 0 fully saturated rings. The summed E-state index contributed by atoms with van der Waals surface area (Å²) in [5.74, 6) is 0.626. The van der Waals surface area contributed by atoms with E-state index in [1.807, 2.05) is 41.5 Å². The summed E-state index contributed by atoms with van der Waals surface area (Å²) < 4.78 is 9.89. The minimum absolute atomic E-state index is 0.0917. The third-order valence-corrected chi connectivity index (χ3v) is 4.43. The van der Waals surface area contributed by atoms with Crippen molar-refractivity contribution in [3.05, 3.63) is 0 Å². The molecule has 0 spiro atoms. The number of ether oxygens (including phenoxy) is 2. The van der Waals surface area contributed by atoms with Crippen molar-refractivity contribution >= 4 is 40.5 Å². The fourth-order valence-electron chi connectivity index (χ4n) is 1.89. The van der Waals surface area contributed by atoms with Crippen LogP contribution in [0.25, 0.3) is 0 Å². The summed E-state index contributed by atoms with van der Waals surface area (Å²) in [6.45, 7) is 12.3. The molecule has 0 radical (unpaired) electrons. The fourth-order valence-corrected chi connectivity index (χ4v) is 2.33. The van der Waals surface area contributed by atoms with E-state index in [1.54, 1.807) is 0 Å². The SMILES string of the molecule is CCOC(=O)C(C)(C)CCCBr.CCOC(=O)C(C)(C)CCCS. The van der Waals surface area contributed by atoms with Gasteiger partial charge >= 0.3 is 11.9 Å². The molecule has 0 unspecified atom stereocenters. The fraction of sp³-hybridized carbons (Fsp3) is 0.889. The van der Waals surface area contributed by atoms with Crippen LogP contribution in [0.4, 0.5) is 0 Å². The lowest BCUT2D eigenvalue weighted by atomic mass is 9.88. The molecule has 0 heterocycles. The Morgan fingerprint density at radius 2 is 1.25 bits per heavy atom. The van der Waals surface area contributed by atoms with Crippen LogP contribution in [0, 0.1) is 10.8 Å². The van der Waals surface area contributed by atoms with E-state index < -0.39 is 0 Å². The highest BCUT2D eigenvalue weighted by Gasteiger charge is 2.28. The summed E-state index contributed by atoms with van der Waals surface area (Å²) >= 11 is 7.44. The highest BCUT2D eigenvalue weighted by Crippen LogP contribution is 2.25. The van der Waals surface area contributed by atoms with Crippen LogP contribution in [-0.4, -0.2) is 36.2 Å². The molecule has 0 aromatic heterocycles. The van der Waals surface area contributed by atoms with Crippen molar-refractivity contribution in [1.82, 2.24) is 0 Å². The van der Waals surface area contributed by atoms with Crippen molar-refractivity contribution in [3.63, 3.8) is 0 Å². The molecule has 0 aliphatic rings. The molecule has 0 atom stereocenters. The van der Waals surface area contributed by atoms with Crippen LogP contribution in [0.3, 0.4) is 0 Å². The van der Waals surface area contributed by atoms with Gasteiger partial charge < -0.3 is 9.47 Å².